The molecule has 3 aromatic rings. The van der Waals surface area contributed by atoms with E-state index >= 15 is 0 Å². The number of hydrogen-bond acceptors (Lipinski definition) is 3. The number of rotatable bonds is 5. The number of benzene rings is 3. The highest BCUT2D eigenvalue weighted by Crippen LogP contribution is 2.29. The minimum atomic E-state index is 0.0519. The molecule has 0 saturated carbocycles. The third-order valence-electron chi connectivity index (χ3n) is 5.72. The molecule has 4 nitrogen and oxygen atoms in total. The molecule has 1 N–H and O–H groups in total. The first-order chi connectivity index (χ1) is 15.1. The number of nitrogens with one attached hydrogen (secondary N) is 1. The maximum atomic E-state index is 11.6. The fourth-order valence-corrected chi connectivity index (χ4v) is 4.39. The minimum Gasteiger partial charge on any atom is -0.346 e. The largest absolute Gasteiger partial charge is 0.346 e. The maximum absolute atomic E-state index is 11.6. The first-order valence-corrected chi connectivity index (χ1v) is 11.0. The van der Waals surface area contributed by atoms with E-state index in [4.69, 9.17) is 12.2 Å². The summed E-state index contributed by atoms with van der Waals surface area (Å²) in [6.07, 6.45) is 0. The Bertz CT molecular complexity index is 991. The number of piperazine rings is 1. The minimum absolute atomic E-state index is 0.0519. The molecule has 0 aromatic heterocycles. The van der Waals surface area contributed by atoms with Crippen LogP contribution in [0.25, 0.3) is 0 Å². The van der Waals surface area contributed by atoms with Gasteiger partial charge in [0.15, 0.2) is 10.9 Å². The van der Waals surface area contributed by atoms with Crippen molar-refractivity contribution < 1.29 is 4.79 Å². The Morgan fingerprint density at radius 1 is 0.839 bits per heavy atom. The Morgan fingerprint density at radius 2 is 1.42 bits per heavy atom. The molecule has 0 amide bonds. The van der Waals surface area contributed by atoms with E-state index < -0.39 is 0 Å². The number of ketones is 1. The van der Waals surface area contributed by atoms with Crippen molar-refractivity contribution in [3.8, 4) is 0 Å². The van der Waals surface area contributed by atoms with Crippen molar-refractivity contribution in [2.45, 2.75) is 13.0 Å². The second kappa shape index (κ2) is 9.86. The lowest BCUT2D eigenvalue weighted by atomic mass is 9.96. The van der Waals surface area contributed by atoms with E-state index in [0.29, 0.717) is 10.7 Å². The van der Waals surface area contributed by atoms with Crippen LogP contribution in [0.5, 0.6) is 0 Å². The van der Waals surface area contributed by atoms with Crippen molar-refractivity contribution in [2.75, 3.05) is 31.5 Å². The van der Waals surface area contributed by atoms with Crippen LogP contribution in [0.4, 0.5) is 5.69 Å². The van der Waals surface area contributed by atoms with Crippen molar-refractivity contribution in [1.29, 1.82) is 0 Å². The van der Waals surface area contributed by atoms with Crippen molar-refractivity contribution in [3.63, 3.8) is 0 Å². The van der Waals surface area contributed by atoms with Crippen LogP contribution in [0.3, 0.4) is 0 Å². The molecule has 0 unspecified atom stereocenters. The van der Waals surface area contributed by atoms with Crippen LogP contribution in [-0.2, 0) is 0 Å². The van der Waals surface area contributed by atoms with Crippen LogP contribution < -0.4 is 5.32 Å². The molecule has 1 heterocycles. The van der Waals surface area contributed by atoms with Gasteiger partial charge in [-0.1, -0.05) is 72.8 Å². The first-order valence-electron chi connectivity index (χ1n) is 10.6. The summed E-state index contributed by atoms with van der Waals surface area (Å²) in [5.41, 5.74) is 4.16. The molecule has 1 fully saturated rings. The summed E-state index contributed by atoms with van der Waals surface area (Å²) in [5.74, 6) is 0.0519. The Kier molecular flexibility index (Phi) is 6.75. The van der Waals surface area contributed by atoms with Crippen LogP contribution >= 0.6 is 12.2 Å². The summed E-state index contributed by atoms with van der Waals surface area (Å²) in [6.45, 7) is 5.13. The molecular formula is C26H27N3OS. The monoisotopic (exact) mass is 429 g/mol. The van der Waals surface area contributed by atoms with Gasteiger partial charge in [-0.05, 0) is 42.4 Å². The van der Waals surface area contributed by atoms with Gasteiger partial charge in [0.05, 0.1) is 6.04 Å². The van der Waals surface area contributed by atoms with Crippen LogP contribution in [0.2, 0.25) is 0 Å². The maximum Gasteiger partial charge on any atom is 0.173 e. The van der Waals surface area contributed by atoms with Gasteiger partial charge in [-0.3, -0.25) is 9.69 Å². The summed E-state index contributed by atoms with van der Waals surface area (Å²) in [7, 11) is 0. The zero-order valence-electron chi connectivity index (χ0n) is 17.7. The number of Topliss-reactive ketones (excluding diaryl/α,β-unsaturated/α-hetero) is 1. The highest BCUT2D eigenvalue weighted by Gasteiger charge is 2.27. The van der Waals surface area contributed by atoms with Gasteiger partial charge in [-0.2, -0.15) is 0 Å². The van der Waals surface area contributed by atoms with Gasteiger partial charge in [0.2, 0.25) is 0 Å². The van der Waals surface area contributed by atoms with Crippen LogP contribution in [-0.4, -0.2) is 46.9 Å². The first kappa shape index (κ1) is 21.2. The average molecular weight is 430 g/mol. The zero-order valence-corrected chi connectivity index (χ0v) is 18.5. The Labute approximate surface area is 189 Å². The molecule has 0 bridgehead atoms. The smallest absolute Gasteiger partial charge is 0.173 e. The molecule has 0 aliphatic carbocycles. The Hall–Kier alpha value is -3.02. The number of anilines is 1. The third-order valence-corrected chi connectivity index (χ3v) is 6.08. The number of carbonyl (C=O) groups is 1. The predicted octanol–water partition coefficient (Wildman–Crippen LogP) is 4.99. The fourth-order valence-electron chi connectivity index (χ4n) is 4.09. The van der Waals surface area contributed by atoms with Gasteiger partial charge in [0, 0.05) is 37.4 Å². The molecule has 0 radical (unpaired) electrons. The standard InChI is InChI=1S/C26H27N3OS/c1-20(30)23-13-8-14-24(19-23)27-26(31)29-17-15-28(16-18-29)25(21-9-4-2-5-10-21)22-11-6-3-7-12-22/h2-14,19,25H,15-18H2,1H3,(H,27,31). The second-order valence-corrected chi connectivity index (χ2v) is 8.20. The lowest BCUT2D eigenvalue weighted by Gasteiger charge is -2.40. The SMILES string of the molecule is CC(=O)c1cccc(NC(=S)N2CCN(C(c3ccccc3)c3ccccc3)CC2)c1. The van der Waals surface area contributed by atoms with E-state index in [9.17, 15) is 4.79 Å². The molecule has 4 rings (SSSR count). The molecule has 0 spiro atoms. The molecule has 1 aliphatic heterocycles. The van der Waals surface area contributed by atoms with Crippen LogP contribution in [0, 0.1) is 0 Å². The highest BCUT2D eigenvalue weighted by molar-refractivity contribution is 7.80. The van der Waals surface area contributed by atoms with Gasteiger partial charge < -0.3 is 10.2 Å². The lowest BCUT2D eigenvalue weighted by Crippen LogP contribution is -2.50. The second-order valence-electron chi connectivity index (χ2n) is 7.81. The lowest BCUT2D eigenvalue weighted by molar-refractivity contribution is 0.101. The Morgan fingerprint density at radius 3 is 1.97 bits per heavy atom. The topological polar surface area (TPSA) is 35.6 Å². The van der Waals surface area contributed by atoms with E-state index in [-0.39, 0.29) is 11.8 Å². The summed E-state index contributed by atoms with van der Waals surface area (Å²) in [6, 6.07) is 29.1. The zero-order chi connectivity index (χ0) is 21.6. The van der Waals surface area contributed by atoms with Crippen molar-refractivity contribution in [2.24, 2.45) is 0 Å². The molecule has 1 saturated heterocycles. The molecule has 31 heavy (non-hydrogen) atoms. The molecule has 1 aliphatic rings. The van der Waals surface area contributed by atoms with Gasteiger partial charge in [-0.25, -0.2) is 0 Å². The summed E-state index contributed by atoms with van der Waals surface area (Å²) >= 11 is 5.67. The Balaban J connectivity index is 1.43. The molecular weight excluding hydrogens is 402 g/mol. The van der Waals surface area contributed by atoms with Gasteiger partial charge in [-0.15, -0.1) is 0 Å². The van der Waals surface area contributed by atoms with E-state index in [2.05, 4.69) is 75.8 Å². The van der Waals surface area contributed by atoms with Crippen molar-refractivity contribution >= 4 is 28.8 Å². The van der Waals surface area contributed by atoms with Crippen molar-refractivity contribution in [3.05, 3.63) is 102 Å². The number of nitrogens with zero attached hydrogens (tertiary/aromatic N) is 2. The molecule has 0 atom stereocenters. The van der Waals surface area contributed by atoms with E-state index in [1.54, 1.807) is 6.92 Å². The fraction of sp³-hybridized carbons (Fsp3) is 0.231. The number of carbonyl (C=O) groups excluding carboxylic acids is 1. The summed E-state index contributed by atoms with van der Waals surface area (Å²) in [4.78, 5) is 16.4. The average Bonchev–Trinajstić information content (AvgIpc) is 2.81. The third kappa shape index (κ3) is 5.19. The van der Waals surface area contributed by atoms with E-state index in [1.807, 2.05) is 24.3 Å². The van der Waals surface area contributed by atoms with E-state index in [0.717, 1.165) is 31.9 Å². The highest BCUT2D eigenvalue weighted by atomic mass is 32.1. The van der Waals surface area contributed by atoms with Crippen LogP contribution in [0.1, 0.15) is 34.5 Å². The number of hydrogen-bond donors (Lipinski definition) is 1. The molecule has 5 heteroatoms. The quantitative estimate of drug-likeness (QED) is 0.457. The van der Waals surface area contributed by atoms with Crippen molar-refractivity contribution in [1.82, 2.24) is 9.80 Å². The normalized spacial score (nSPS) is 14.5. The van der Waals surface area contributed by atoms with Gasteiger partial charge in [0.1, 0.15) is 0 Å². The van der Waals surface area contributed by atoms with Gasteiger partial charge >= 0.3 is 0 Å². The van der Waals surface area contributed by atoms with E-state index in [1.165, 1.54) is 11.1 Å². The molecule has 3 aromatic carbocycles. The number of thiocarbonyl (C=S) groups is 1. The summed E-state index contributed by atoms with van der Waals surface area (Å²) < 4.78 is 0. The van der Waals surface area contributed by atoms with Gasteiger partial charge in [0.25, 0.3) is 0 Å². The molecule has 158 valence electrons. The predicted molar refractivity (Wildman–Crippen MR) is 131 cm³/mol. The summed E-state index contributed by atoms with van der Waals surface area (Å²) in [5, 5.41) is 4.01. The van der Waals surface area contributed by atoms with Crippen LogP contribution in [0.15, 0.2) is 84.9 Å².